The first-order chi connectivity index (χ1) is 14.9. The molecule has 158 valence electrons. The van der Waals surface area contributed by atoms with Gasteiger partial charge in [-0.15, -0.1) is 27.8 Å². The van der Waals surface area contributed by atoms with Crippen LogP contribution in [0.2, 0.25) is 0 Å². The van der Waals surface area contributed by atoms with Crippen molar-refractivity contribution in [2.45, 2.75) is 20.3 Å². The molecule has 0 atom stereocenters. The summed E-state index contributed by atoms with van der Waals surface area (Å²) in [6.07, 6.45) is 0.692. The van der Waals surface area contributed by atoms with Crippen LogP contribution in [0.4, 0.5) is 5.69 Å². The van der Waals surface area contributed by atoms with E-state index in [2.05, 4.69) is 20.6 Å². The Morgan fingerprint density at radius 1 is 1.26 bits per heavy atom. The van der Waals surface area contributed by atoms with Crippen molar-refractivity contribution in [1.29, 1.82) is 0 Å². The number of nitro benzene ring substituents is 1. The zero-order valence-electron chi connectivity index (χ0n) is 16.7. The highest BCUT2D eigenvalue weighted by Crippen LogP contribution is 2.29. The Morgan fingerprint density at radius 2 is 2.10 bits per heavy atom. The maximum Gasteiger partial charge on any atom is 0.273 e. The van der Waals surface area contributed by atoms with Gasteiger partial charge in [0.2, 0.25) is 0 Å². The van der Waals surface area contributed by atoms with Gasteiger partial charge in [-0.2, -0.15) is 0 Å². The van der Waals surface area contributed by atoms with E-state index in [1.807, 2.05) is 24.4 Å². The minimum Gasteiger partial charge on any atom is -0.350 e. The van der Waals surface area contributed by atoms with E-state index < -0.39 is 4.92 Å². The average molecular weight is 455 g/mol. The number of aryl methyl sites for hydroxylation is 1. The predicted octanol–water partition coefficient (Wildman–Crippen LogP) is 3.95. The third-order valence-corrected chi connectivity index (χ3v) is 6.53. The summed E-state index contributed by atoms with van der Waals surface area (Å²) in [7, 11) is 0. The van der Waals surface area contributed by atoms with Gasteiger partial charge in [0, 0.05) is 28.9 Å². The topological polar surface area (TPSA) is 116 Å². The highest BCUT2D eigenvalue weighted by atomic mass is 32.1. The first kappa shape index (κ1) is 20.8. The van der Waals surface area contributed by atoms with Crippen molar-refractivity contribution in [3.05, 3.63) is 73.2 Å². The number of nitrogens with zero attached hydrogens (tertiary/aromatic N) is 5. The second-order valence-electron chi connectivity index (χ2n) is 6.74. The minimum atomic E-state index is -0.477. The van der Waals surface area contributed by atoms with Gasteiger partial charge in [0.15, 0.2) is 5.69 Å². The lowest BCUT2D eigenvalue weighted by Crippen LogP contribution is -2.26. The Hall–Kier alpha value is -3.44. The van der Waals surface area contributed by atoms with E-state index in [-0.39, 0.29) is 17.3 Å². The summed E-state index contributed by atoms with van der Waals surface area (Å²) < 4.78 is 1.42. The van der Waals surface area contributed by atoms with Crippen LogP contribution in [-0.2, 0) is 6.42 Å². The van der Waals surface area contributed by atoms with Crippen LogP contribution in [0.1, 0.15) is 26.1 Å². The van der Waals surface area contributed by atoms with E-state index in [4.69, 9.17) is 0 Å². The van der Waals surface area contributed by atoms with Crippen LogP contribution < -0.4 is 5.32 Å². The third kappa shape index (κ3) is 4.52. The average Bonchev–Trinajstić information content (AvgIpc) is 3.48. The van der Waals surface area contributed by atoms with Gasteiger partial charge in [-0.25, -0.2) is 9.67 Å². The number of non-ortho nitro benzene ring substituents is 1. The number of hydrogen-bond acceptors (Lipinski definition) is 8. The minimum absolute atomic E-state index is 0.0541. The normalized spacial score (nSPS) is 10.9. The molecule has 0 fully saturated rings. The highest BCUT2D eigenvalue weighted by Gasteiger charge is 2.18. The Kier molecular flexibility index (Phi) is 5.87. The van der Waals surface area contributed by atoms with Crippen molar-refractivity contribution < 1.29 is 9.72 Å². The Bertz CT molecular complexity index is 1260. The van der Waals surface area contributed by atoms with Gasteiger partial charge in [-0.05, 0) is 38.5 Å². The van der Waals surface area contributed by atoms with Crippen molar-refractivity contribution >= 4 is 34.3 Å². The number of aromatic nitrogens is 4. The molecule has 0 bridgehead atoms. The van der Waals surface area contributed by atoms with E-state index in [0.717, 1.165) is 20.5 Å². The number of nitrogens with one attached hydrogen (secondary N) is 1. The van der Waals surface area contributed by atoms with Gasteiger partial charge >= 0.3 is 0 Å². The molecular formula is C20H18N6O3S2. The van der Waals surface area contributed by atoms with Crippen molar-refractivity contribution in [1.82, 2.24) is 25.3 Å². The lowest BCUT2D eigenvalue weighted by Gasteiger charge is -2.05. The summed E-state index contributed by atoms with van der Waals surface area (Å²) >= 11 is 3.28. The molecule has 4 rings (SSSR count). The van der Waals surface area contributed by atoms with Crippen LogP contribution >= 0.6 is 22.7 Å². The molecule has 0 unspecified atom stereocenters. The highest BCUT2D eigenvalue weighted by molar-refractivity contribution is 7.16. The number of carbonyl (C=O) groups excluding carboxylic acids is 1. The second kappa shape index (κ2) is 8.74. The summed E-state index contributed by atoms with van der Waals surface area (Å²) in [5, 5.41) is 24.9. The van der Waals surface area contributed by atoms with E-state index >= 15 is 0 Å². The summed E-state index contributed by atoms with van der Waals surface area (Å²) in [5.41, 5.74) is 2.10. The molecule has 1 N–H and O–H groups in total. The molecule has 3 heterocycles. The number of thiazole rings is 1. The SMILES string of the molecule is Cc1nc(-c2ccc(CCNC(=O)c3nnn(-c4cccc([N+](=O)[O-])c4)c3C)s2)cs1. The van der Waals surface area contributed by atoms with Gasteiger partial charge in [0.05, 0.1) is 31.9 Å². The molecule has 0 aliphatic carbocycles. The third-order valence-electron chi connectivity index (χ3n) is 4.58. The summed E-state index contributed by atoms with van der Waals surface area (Å²) in [5.74, 6) is -0.332. The van der Waals surface area contributed by atoms with E-state index in [1.54, 1.807) is 41.7 Å². The molecule has 0 spiro atoms. The van der Waals surface area contributed by atoms with Crippen LogP contribution in [-0.4, -0.2) is 37.4 Å². The predicted molar refractivity (Wildman–Crippen MR) is 119 cm³/mol. The Morgan fingerprint density at radius 3 is 2.84 bits per heavy atom. The summed E-state index contributed by atoms with van der Waals surface area (Å²) in [6.45, 7) is 4.14. The summed E-state index contributed by atoms with van der Waals surface area (Å²) in [6, 6.07) is 10.1. The first-order valence-electron chi connectivity index (χ1n) is 9.39. The van der Waals surface area contributed by atoms with E-state index in [0.29, 0.717) is 24.3 Å². The maximum absolute atomic E-state index is 12.6. The molecule has 9 nitrogen and oxygen atoms in total. The smallest absolute Gasteiger partial charge is 0.273 e. The number of rotatable bonds is 7. The number of thiophene rings is 1. The molecule has 0 aliphatic heterocycles. The quantitative estimate of drug-likeness (QED) is 0.334. The van der Waals surface area contributed by atoms with Crippen LogP contribution in [0.25, 0.3) is 16.3 Å². The standard InChI is InChI=1S/C20H18N6O3S2/c1-12-19(23-24-25(12)14-4-3-5-15(10-14)26(28)29)20(27)21-9-8-16-6-7-18(31-16)17-11-30-13(2)22-17/h3-7,10-11H,8-9H2,1-2H3,(H,21,27). The molecule has 0 saturated carbocycles. The second-order valence-corrected chi connectivity index (χ2v) is 8.97. The maximum atomic E-state index is 12.6. The summed E-state index contributed by atoms with van der Waals surface area (Å²) in [4.78, 5) is 29.8. The van der Waals surface area contributed by atoms with Crippen molar-refractivity contribution in [2.75, 3.05) is 6.54 Å². The number of amides is 1. The Balaban J connectivity index is 1.39. The molecule has 0 aliphatic rings. The molecule has 31 heavy (non-hydrogen) atoms. The van der Waals surface area contributed by atoms with Crippen LogP contribution in [0.3, 0.4) is 0 Å². The fraction of sp³-hybridized carbons (Fsp3) is 0.200. The molecule has 11 heteroatoms. The van der Waals surface area contributed by atoms with Crippen LogP contribution in [0.15, 0.2) is 41.8 Å². The fourth-order valence-corrected chi connectivity index (χ4v) is 4.69. The largest absolute Gasteiger partial charge is 0.350 e. The van der Waals surface area contributed by atoms with Crippen LogP contribution in [0, 0.1) is 24.0 Å². The molecule has 0 saturated heterocycles. The number of benzene rings is 1. The molecule has 4 aromatic rings. The Labute approximate surface area is 185 Å². The van der Waals surface area contributed by atoms with Gasteiger partial charge in [0.1, 0.15) is 0 Å². The molecule has 1 amide bonds. The van der Waals surface area contributed by atoms with Gasteiger partial charge in [-0.1, -0.05) is 11.3 Å². The first-order valence-corrected chi connectivity index (χ1v) is 11.1. The molecule has 1 aromatic carbocycles. The molecule has 3 aromatic heterocycles. The van der Waals surface area contributed by atoms with Crippen molar-refractivity contribution in [3.63, 3.8) is 0 Å². The lowest BCUT2D eigenvalue weighted by molar-refractivity contribution is -0.384. The van der Waals surface area contributed by atoms with Crippen molar-refractivity contribution in [3.8, 4) is 16.3 Å². The number of nitro groups is 1. The molecular weight excluding hydrogens is 436 g/mol. The zero-order chi connectivity index (χ0) is 22.0. The van der Waals surface area contributed by atoms with Crippen LogP contribution in [0.5, 0.6) is 0 Å². The number of hydrogen-bond donors (Lipinski definition) is 1. The lowest BCUT2D eigenvalue weighted by atomic mass is 10.2. The fourth-order valence-electron chi connectivity index (χ4n) is 3.03. The van der Waals surface area contributed by atoms with E-state index in [1.165, 1.54) is 16.8 Å². The monoisotopic (exact) mass is 454 g/mol. The van der Waals surface area contributed by atoms with E-state index in [9.17, 15) is 14.9 Å². The van der Waals surface area contributed by atoms with Gasteiger partial charge < -0.3 is 5.32 Å². The number of carbonyl (C=O) groups is 1. The molecule has 0 radical (unpaired) electrons. The van der Waals surface area contributed by atoms with Gasteiger partial charge in [0.25, 0.3) is 11.6 Å². The van der Waals surface area contributed by atoms with Gasteiger partial charge in [-0.3, -0.25) is 14.9 Å². The van der Waals surface area contributed by atoms with Crippen molar-refractivity contribution in [2.24, 2.45) is 0 Å². The zero-order valence-corrected chi connectivity index (χ0v) is 18.4.